The average molecular weight is 226 g/mol. The van der Waals surface area contributed by atoms with Gasteiger partial charge >= 0.3 is 0 Å². The van der Waals surface area contributed by atoms with Gasteiger partial charge in [-0.1, -0.05) is 18.5 Å². The van der Waals surface area contributed by atoms with Crippen molar-refractivity contribution in [1.82, 2.24) is 19.6 Å². The number of hydrogen-bond donors (Lipinski definition) is 1. The van der Waals surface area contributed by atoms with Gasteiger partial charge in [-0.2, -0.15) is 19.6 Å². The lowest BCUT2D eigenvalue weighted by Gasteiger charge is -2.11. The molecule has 15 heavy (non-hydrogen) atoms. The van der Waals surface area contributed by atoms with Gasteiger partial charge in [-0.3, -0.25) is 0 Å². The highest BCUT2D eigenvalue weighted by Gasteiger charge is 2.12. The second-order valence-electron chi connectivity index (χ2n) is 3.09. The molecule has 0 atom stereocenters. The molecule has 0 fully saturated rings. The fraction of sp³-hybridized carbons (Fsp3) is 0.444. The highest BCUT2D eigenvalue weighted by molar-refractivity contribution is 6.30. The zero-order valence-electron chi connectivity index (χ0n) is 8.66. The quantitative estimate of drug-likeness (QED) is 0.809. The normalized spacial score (nSPS) is 10.9. The van der Waals surface area contributed by atoms with Crippen LogP contribution in [0.25, 0.3) is 5.78 Å². The number of aromatic nitrogens is 4. The summed E-state index contributed by atoms with van der Waals surface area (Å²) in [6.07, 6.45) is 2.28. The topological polar surface area (TPSA) is 55.1 Å². The second-order valence-corrected chi connectivity index (χ2v) is 3.44. The Labute approximate surface area is 92.5 Å². The number of nitrogens with one attached hydrogen (secondary N) is 1. The molecule has 0 bridgehead atoms. The highest BCUT2D eigenvalue weighted by atomic mass is 35.5. The van der Waals surface area contributed by atoms with E-state index in [0.29, 0.717) is 10.9 Å². The molecule has 0 aromatic carbocycles. The summed E-state index contributed by atoms with van der Waals surface area (Å²) in [6.45, 7) is 4.87. The van der Waals surface area contributed by atoms with E-state index in [9.17, 15) is 0 Å². The summed E-state index contributed by atoms with van der Waals surface area (Å²) in [5, 5.41) is 7.84. The van der Waals surface area contributed by atoms with E-state index >= 15 is 0 Å². The fourth-order valence-electron chi connectivity index (χ4n) is 1.51. The van der Waals surface area contributed by atoms with Crippen LogP contribution in [0.3, 0.4) is 0 Å². The molecule has 2 heterocycles. The predicted molar refractivity (Wildman–Crippen MR) is 59.3 cm³/mol. The molecule has 1 N–H and O–H groups in total. The predicted octanol–water partition coefficient (Wildman–Crippen LogP) is 1.77. The molecular formula is C9H12ClN5. The largest absolute Gasteiger partial charge is 0.370 e. The molecule has 2 rings (SSSR count). The van der Waals surface area contributed by atoms with E-state index in [1.54, 1.807) is 4.52 Å². The summed E-state index contributed by atoms with van der Waals surface area (Å²) in [7, 11) is 0. The van der Waals surface area contributed by atoms with Gasteiger partial charge in [0.2, 0.25) is 0 Å². The van der Waals surface area contributed by atoms with Crippen LogP contribution >= 0.6 is 11.6 Å². The molecule has 0 saturated carbocycles. The van der Waals surface area contributed by atoms with Crippen LogP contribution in [-0.4, -0.2) is 26.1 Å². The Bertz CT molecular complexity index is 479. The molecule has 2 aromatic rings. The van der Waals surface area contributed by atoms with Gasteiger partial charge < -0.3 is 5.32 Å². The van der Waals surface area contributed by atoms with E-state index in [4.69, 9.17) is 11.6 Å². The Kier molecular flexibility index (Phi) is 2.73. The van der Waals surface area contributed by atoms with Gasteiger partial charge in [0, 0.05) is 12.1 Å². The molecule has 0 aliphatic rings. The van der Waals surface area contributed by atoms with E-state index in [0.717, 1.165) is 24.3 Å². The maximum absolute atomic E-state index is 6.07. The Hall–Kier alpha value is -1.36. The van der Waals surface area contributed by atoms with Crippen molar-refractivity contribution >= 4 is 23.2 Å². The number of fused-ring (bicyclic) bond motifs is 1. The van der Waals surface area contributed by atoms with E-state index in [2.05, 4.69) is 20.4 Å². The molecule has 2 aromatic heterocycles. The lowest BCUT2D eigenvalue weighted by atomic mass is 10.2. The third kappa shape index (κ3) is 1.63. The van der Waals surface area contributed by atoms with Gasteiger partial charge in [-0.25, -0.2) is 0 Å². The fourth-order valence-corrected chi connectivity index (χ4v) is 1.81. The van der Waals surface area contributed by atoms with E-state index < -0.39 is 0 Å². The Morgan fingerprint density at radius 1 is 1.47 bits per heavy atom. The standard InChI is InChI=1S/C9H12ClN5/c1-3-6-7(10)14-9-12-5-13-15(9)8(6)11-4-2/h5,11H,3-4H2,1-2H3. The number of anilines is 1. The zero-order chi connectivity index (χ0) is 10.8. The van der Waals surface area contributed by atoms with Crippen molar-refractivity contribution in [2.75, 3.05) is 11.9 Å². The summed E-state index contributed by atoms with van der Waals surface area (Å²) < 4.78 is 1.67. The number of hydrogen-bond acceptors (Lipinski definition) is 4. The minimum absolute atomic E-state index is 0.494. The van der Waals surface area contributed by atoms with E-state index in [1.165, 1.54) is 6.33 Å². The first-order valence-corrected chi connectivity index (χ1v) is 5.27. The van der Waals surface area contributed by atoms with Crippen LogP contribution in [0.1, 0.15) is 19.4 Å². The van der Waals surface area contributed by atoms with Crippen molar-refractivity contribution in [3.05, 3.63) is 17.0 Å². The van der Waals surface area contributed by atoms with Gasteiger partial charge in [0.1, 0.15) is 17.3 Å². The molecule has 0 unspecified atom stereocenters. The lowest BCUT2D eigenvalue weighted by Crippen LogP contribution is -2.09. The minimum atomic E-state index is 0.494. The average Bonchev–Trinajstić information content (AvgIpc) is 2.66. The molecule has 0 amide bonds. The Morgan fingerprint density at radius 2 is 2.27 bits per heavy atom. The molecule has 0 saturated heterocycles. The summed E-state index contributed by atoms with van der Waals surface area (Å²) in [5.41, 5.74) is 0.969. The summed E-state index contributed by atoms with van der Waals surface area (Å²) in [5.74, 6) is 1.40. The van der Waals surface area contributed by atoms with Crippen molar-refractivity contribution in [1.29, 1.82) is 0 Å². The molecule has 80 valence electrons. The lowest BCUT2D eigenvalue weighted by molar-refractivity contribution is 0.905. The van der Waals surface area contributed by atoms with Crippen molar-refractivity contribution < 1.29 is 0 Å². The third-order valence-corrected chi connectivity index (χ3v) is 2.48. The molecule has 0 spiro atoms. The third-order valence-electron chi connectivity index (χ3n) is 2.17. The smallest absolute Gasteiger partial charge is 0.255 e. The minimum Gasteiger partial charge on any atom is -0.370 e. The van der Waals surface area contributed by atoms with E-state index in [-0.39, 0.29) is 0 Å². The molecule has 0 radical (unpaired) electrons. The molecular weight excluding hydrogens is 214 g/mol. The number of rotatable bonds is 3. The second kappa shape index (κ2) is 4.02. The zero-order valence-corrected chi connectivity index (χ0v) is 9.41. The maximum atomic E-state index is 6.07. The van der Waals surface area contributed by atoms with Crippen molar-refractivity contribution in [3.63, 3.8) is 0 Å². The first-order chi connectivity index (χ1) is 7.27. The van der Waals surface area contributed by atoms with Gasteiger partial charge in [-0.15, -0.1) is 0 Å². The van der Waals surface area contributed by atoms with Crippen LogP contribution in [0.4, 0.5) is 5.82 Å². The van der Waals surface area contributed by atoms with Gasteiger partial charge in [0.25, 0.3) is 5.78 Å². The highest BCUT2D eigenvalue weighted by Crippen LogP contribution is 2.23. The summed E-state index contributed by atoms with van der Waals surface area (Å²) in [6, 6.07) is 0. The van der Waals surface area contributed by atoms with Crippen molar-refractivity contribution in [2.24, 2.45) is 0 Å². The first kappa shape index (κ1) is 10.2. The van der Waals surface area contributed by atoms with Gasteiger partial charge in [-0.05, 0) is 13.3 Å². The molecule has 6 heteroatoms. The summed E-state index contributed by atoms with van der Waals surface area (Å²) >= 11 is 6.07. The molecule has 0 aliphatic heterocycles. The van der Waals surface area contributed by atoms with Crippen LogP contribution in [0.15, 0.2) is 6.33 Å². The van der Waals surface area contributed by atoms with Crippen molar-refractivity contribution in [2.45, 2.75) is 20.3 Å². The van der Waals surface area contributed by atoms with Gasteiger partial charge in [0.15, 0.2) is 0 Å². The Balaban J connectivity index is 2.71. The molecule has 5 nitrogen and oxygen atoms in total. The number of halogens is 1. The monoisotopic (exact) mass is 225 g/mol. The van der Waals surface area contributed by atoms with Crippen LogP contribution in [0.5, 0.6) is 0 Å². The molecule has 0 aliphatic carbocycles. The van der Waals surface area contributed by atoms with Crippen LogP contribution < -0.4 is 5.32 Å². The van der Waals surface area contributed by atoms with E-state index in [1.807, 2.05) is 13.8 Å². The van der Waals surface area contributed by atoms with Crippen molar-refractivity contribution in [3.8, 4) is 0 Å². The first-order valence-electron chi connectivity index (χ1n) is 4.89. The van der Waals surface area contributed by atoms with Crippen LogP contribution in [0.2, 0.25) is 5.15 Å². The van der Waals surface area contributed by atoms with Crippen LogP contribution in [-0.2, 0) is 6.42 Å². The maximum Gasteiger partial charge on any atom is 0.255 e. The summed E-state index contributed by atoms with van der Waals surface area (Å²) in [4.78, 5) is 8.18. The Morgan fingerprint density at radius 3 is 2.93 bits per heavy atom. The SMILES string of the molecule is CCNc1c(CC)c(Cl)nc2ncnn12. The van der Waals surface area contributed by atoms with Gasteiger partial charge in [0.05, 0.1) is 0 Å². The number of nitrogens with zero attached hydrogens (tertiary/aromatic N) is 4. The van der Waals surface area contributed by atoms with Crippen LogP contribution in [0, 0.1) is 0 Å².